The third-order valence-corrected chi connectivity index (χ3v) is 4.26. The van der Waals surface area contributed by atoms with Crippen LogP contribution < -0.4 is 0 Å². The van der Waals surface area contributed by atoms with Crippen LogP contribution >= 0.6 is 23.2 Å². The van der Waals surface area contributed by atoms with Gasteiger partial charge in [-0.1, -0.05) is 0 Å². The summed E-state index contributed by atoms with van der Waals surface area (Å²) in [7, 11) is 7.74. The van der Waals surface area contributed by atoms with Gasteiger partial charge in [-0.05, 0) is 14.1 Å². The molecule has 5 nitrogen and oxygen atoms in total. The third-order valence-electron chi connectivity index (χ3n) is 3.03. The molecule has 1 aliphatic rings. The van der Waals surface area contributed by atoms with Crippen molar-refractivity contribution in [1.29, 1.82) is 0 Å². The average molecular weight is 285 g/mol. The summed E-state index contributed by atoms with van der Waals surface area (Å²) < 4.78 is 0. The molecule has 1 fully saturated rings. The number of rotatable bonds is 0. The Kier molecular flexibility index (Phi) is 6.44. The monoisotopic (exact) mass is 284 g/mol. The minimum Gasteiger partial charge on any atom is -0.303 e. The van der Waals surface area contributed by atoms with Gasteiger partial charge in [0.2, 0.25) is 0 Å². The van der Waals surface area contributed by atoms with Gasteiger partial charge in [0, 0.05) is 33.7 Å². The Bertz CT molecular complexity index is 234. The third kappa shape index (κ3) is 4.52. The van der Waals surface area contributed by atoms with Crippen LogP contribution in [0.15, 0.2) is 0 Å². The number of likely N-dealkylation sites (N-methyl/N-ethyl adjacent to an activating group) is 3. The van der Waals surface area contributed by atoms with Gasteiger partial charge < -0.3 is 4.90 Å². The molecule has 7 heteroatoms. The van der Waals surface area contributed by atoms with Crippen molar-refractivity contribution in [2.45, 2.75) is 11.0 Å². The largest absolute Gasteiger partial charge is 0.303 e. The number of alkyl halides is 2. The lowest BCUT2D eigenvalue weighted by atomic mass is 10.4. The quantitative estimate of drug-likeness (QED) is 0.481. The van der Waals surface area contributed by atoms with Gasteiger partial charge in [-0.3, -0.25) is 9.74 Å². The van der Waals surface area contributed by atoms with Gasteiger partial charge in [-0.15, -0.1) is 28.4 Å². The molecule has 17 heavy (non-hydrogen) atoms. The van der Waals surface area contributed by atoms with E-state index in [1.54, 1.807) is 10.2 Å². The molecule has 102 valence electrons. The van der Waals surface area contributed by atoms with E-state index >= 15 is 0 Å². The van der Waals surface area contributed by atoms with Crippen LogP contribution in [0.5, 0.6) is 0 Å². The van der Waals surface area contributed by atoms with Crippen molar-refractivity contribution in [1.82, 2.24) is 20.0 Å². The summed E-state index contributed by atoms with van der Waals surface area (Å²) in [5.74, 6) is 0. The lowest BCUT2D eigenvalue weighted by Crippen LogP contribution is -2.49. The van der Waals surface area contributed by atoms with Crippen LogP contribution in [0.3, 0.4) is 0 Å². The molecular weight excluding hydrogens is 263 g/mol. The Morgan fingerprint density at radius 1 is 0.941 bits per heavy atom. The van der Waals surface area contributed by atoms with Gasteiger partial charge in [0.25, 0.3) is 0 Å². The van der Waals surface area contributed by atoms with Crippen molar-refractivity contribution in [3.63, 3.8) is 0 Å². The lowest BCUT2D eigenvalue weighted by Gasteiger charge is -2.35. The molecule has 1 saturated heterocycles. The predicted molar refractivity (Wildman–Crippen MR) is 70.9 cm³/mol. The van der Waals surface area contributed by atoms with Crippen LogP contribution in [0.1, 0.15) is 0 Å². The number of hydroxylamine groups is 1. The van der Waals surface area contributed by atoms with E-state index in [-0.39, 0.29) is 11.0 Å². The summed E-state index contributed by atoms with van der Waals surface area (Å²) in [6.45, 7) is 3.34. The second kappa shape index (κ2) is 7.09. The van der Waals surface area contributed by atoms with Gasteiger partial charge in [0.15, 0.2) is 0 Å². The highest BCUT2D eigenvalue weighted by Crippen LogP contribution is 2.18. The fourth-order valence-corrected chi connectivity index (χ4v) is 2.10. The van der Waals surface area contributed by atoms with Gasteiger partial charge in [-0.2, -0.15) is 0 Å². The molecule has 0 aromatic carbocycles. The molecule has 0 aromatic heterocycles. The van der Waals surface area contributed by atoms with Crippen molar-refractivity contribution >= 4 is 23.2 Å². The molecule has 0 saturated carbocycles. The smallest absolute Gasteiger partial charge is 0.130 e. The van der Waals surface area contributed by atoms with Crippen molar-refractivity contribution in [2.24, 2.45) is 0 Å². The highest BCUT2D eigenvalue weighted by molar-refractivity contribution is 6.29. The van der Waals surface area contributed by atoms with Crippen molar-refractivity contribution in [2.75, 3.05) is 54.4 Å². The minimum atomic E-state index is -0.338. The first-order valence-electron chi connectivity index (χ1n) is 5.69. The van der Waals surface area contributed by atoms with E-state index in [9.17, 15) is 0 Å². The summed E-state index contributed by atoms with van der Waals surface area (Å²) in [5, 5.41) is 3.43. The van der Waals surface area contributed by atoms with E-state index in [1.165, 1.54) is 0 Å². The second-order valence-corrected chi connectivity index (χ2v) is 5.29. The maximum atomic E-state index is 6.33. The molecular formula is C10H22Cl2N4O. The van der Waals surface area contributed by atoms with E-state index in [2.05, 4.69) is 11.9 Å². The average Bonchev–Trinajstić information content (AvgIpc) is 2.32. The molecule has 1 rings (SSSR count). The number of halogens is 2. The molecule has 0 radical (unpaired) electrons. The molecule has 0 aliphatic carbocycles. The van der Waals surface area contributed by atoms with Crippen LogP contribution in [0, 0.1) is 0 Å². The zero-order chi connectivity index (χ0) is 13.0. The topological polar surface area (TPSA) is 22.2 Å². The Balaban J connectivity index is 2.70. The van der Waals surface area contributed by atoms with Gasteiger partial charge in [-0.25, -0.2) is 5.01 Å². The fourth-order valence-electron chi connectivity index (χ4n) is 1.53. The molecule has 0 bridgehead atoms. The highest BCUT2D eigenvalue weighted by atomic mass is 35.5. The first-order chi connectivity index (χ1) is 7.93. The number of hydrogen-bond donors (Lipinski definition) is 0. The second-order valence-electron chi connectivity index (χ2n) is 4.40. The summed E-state index contributed by atoms with van der Waals surface area (Å²) in [5.41, 5.74) is -0.603. The normalized spacial score (nSPS) is 33.5. The Morgan fingerprint density at radius 3 is 2.24 bits per heavy atom. The predicted octanol–water partition coefficient (Wildman–Crippen LogP) is 0.704. The van der Waals surface area contributed by atoms with Crippen LogP contribution in [0.4, 0.5) is 0 Å². The molecule has 1 aliphatic heterocycles. The minimum absolute atomic E-state index is 0.265. The van der Waals surface area contributed by atoms with Crippen LogP contribution in [0.25, 0.3) is 0 Å². The van der Waals surface area contributed by atoms with E-state index in [1.807, 2.05) is 26.0 Å². The first kappa shape index (κ1) is 15.4. The molecule has 0 spiro atoms. The summed E-state index contributed by atoms with van der Waals surface area (Å²) >= 11 is 12.6. The van der Waals surface area contributed by atoms with Gasteiger partial charge in [0.1, 0.15) is 11.0 Å². The van der Waals surface area contributed by atoms with E-state index in [4.69, 9.17) is 28.0 Å². The molecule has 0 amide bonds. The van der Waals surface area contributed by atoms with Crippen molar-refractivity contribution < 1.29 is 4.84 Å². The zero-order valence-corrected chi connectivity index (χ0v) is 12.4. The van der Waals surface area contributed by atoms with Crippen molar-refractivity contribution in [3.8, 4) is 0 Å². The first-order valence-corrected chi connectivity index (χ1v) is 6.57. The Morgan fingerprint density at radius 2 is 1.59 bits per heavy atom. The summed E-state index contributed by atoms with van der Waals surface area (Å²) in [6, 6.07) is 0. The van der Waals surface area contributed by atoms with Crippen LogP contribution in [-0.4, -0.2) is 85.4 Å². The lowest BCUT2D eigenvalue weighted by molar-refractivity contribution is -0.265. The molecule has 0 aromatic rings. The summed E-state index contributed by atoms with van der Waals surface area (Å²) in [4.78, 5) is 9.82. The number of hydrazine groups is 1. The van der Waals surface area contributed by atoms with Gasteiger partial charge >= 0.3 is 0 Å². The maximum Gasteiger partial charge on any atom is 0.130 e. The number of hydrogen-bond acceptors (Lipinski definition) is 5. The standard InChI is InChI=1S/C10H22Cl2N4O/c1-13-5-6-14(2)9(11)10(12)15(3)16(4)17-8-7-13/h9-10H,5-8H2,1-4H3. The fraction of sp³-hybridized carbons (Fsp3) is 1.00. The molecule has 2 unspecified atom stereocenters. The maximum absolute atomic E-state index is 6.33. The molecule has 2 atom stereocenters. The highest BCUT2D eigenvalue weighted by Gasteiger charge is 2.28. The van der Waals surface area contributed by atoms with E-state index in [0.29, 0.717) is 6.61 Å². The zero-order valence-electron chi connectivity index (χ0n) is 10.9. The van der Waals surface area contributed by atoms with Gasteiger partial charge in [0.05, 0.1) is 6.61 Å². The van der Waals surface area contributed by atoms with E-state index < -0.39 is 0 Å². The number of nitrogens with zero attached hydrogens (tertiary/aromatic N) is 4. The SMILES string of the molecule is CN1CCON(C)N(C)C(Cl)C(Cl)N(C)CC1. The Hall–Kier alpha value is 0.380. The van der Waals surface area contributed by atoms with E-state index in [0.717, 1.165) is 19.6 Å². The molecule has 0 N–H and O–H groups in total. The Labute approximate surface area is 114 Å². The molecule has 1 heterocycles. The van der Waals surface area contributed by atoms with Crippen LogP contribution in [-0.2, 0) is 4.84 Å². The summed E-state index contributed by atoms with van der Waals surface area (Å²) in [6.07, 6.45) is 0. The van der Waals surface area contributed by atoms with Crippen molar-refractivity contribution in [3.05, 3.63) is 0 Å². The van der Waals surface area contributed by atoms with Crippen LogP contribution in [0.2, 0.25) is 0 Å².